The Morgan fingerprint density at radius 1 is 1.09 bits per heavy atom. The van der Waals surface area contributed by atoms with E-state index in [0.717, 1.165) is 41.9 Å². The van der Waals surface area contributed by atoms with Gasteiger partial charge in [-0.15, -0.1) is 0 Å². The molecule has 0 saturated carbocycles. The Kier molecular flexibility index (Phi) is 5.51. The smallest absolute Gasteiger partial charge is 0.320 e. The van der Waals surface area contributed by atoms with Crippen molar-refractivity contribution in [2.45, 2.75) is 26.3 Å². The molecule has 2 unspecified atom stereocenters. The lowest BCUT2D eigenvalue weighted by molar-refractivity contribution is 0.153. The highest BCUT2D eigenvalue weighted by Crippen LogP contribution is 2.45. The monoisotopic (exact) mass is 456 g/mol. The van der Waals surface area contributed by atoms with Gasteiger partial charge in [-0.3, -0.25) is 4.21 Å². The maximum Gasteiger partial charge on any atom is 0.320 e. The normalized spacial score (nSPS) is 25.8. The molecule has 4 fully saturated rings. The maximum absolute atomic E-state index is 13.4. The van der Waals surface area contributed by atoms with Gasteiger partial charge in [0.25, 0.3) is 0 Å². The van der Waals surface area contributed by atoms with Crippen molar-refractivity contribution in [3.05, 3.63) is 30.5 Å². The van der Waals surface area contributed by atoms with Gasteiger partial charge in [-0.25, -0.2) is 9.78 Å². The number of aromatic nitrogens is 1. The third-order valence-corrected chi connectivity index (χ3v) is 8.64. The first-order valence-electron chi connectivity index (χ1n) is 11.4. The van der Waals surface area contributed by atoms with Crippen LogP contribution in [0.4, 0.5) is 10.6 Å². The van der Waals surface area contributed by atoms with Crippen molar-refractivity contribution in [3.63, 3.8) is 0 Å². The fourth-order valence-electron chi connectivity index (χ4n) is 5.80. The molecular formula is C24H32N4O3S. The third-order valence-electron chi connectivity index (χ3n) is 7.37. The first-order valence-corrected chi connectivity index (χ1v) is 12.9. The number of carbonyl (C=O) groups excluding carboxylic acids is 1. The number of rotatable bonds is 2. The summed E-state index contributed by atoms with van der Waals surface area (Å²) in [6.45, 7) is 8.17. The molecule has 2 bridgehead atoms. The van der Waals surface area contributed by atoms with Crippen molar-refractivity contribution in [2.24, 2.45) is 11.3 Å². The van der Waals surface area contributed by atoms with E-state index in [4.69, 9.17) is 9.72 Å². The zero-order valence-electron chi connectivity index (χ0n) is 19.1. The zero-order chi connectivity index (χ0) is 22.5. The second-order valence-corrected chi connectivity index (χ2v) is 11.6. The summed E-state index contributed by atoms with van der Waals surface area (Å²) in [6, 6.07) is 8.54. The molecule has 0 aliphatic carbocycles. The minimum Gasteiger partial charge on any atom is -0.494 e. The topological polar surface area (TPSA) is 66.0 Å². The lowest BCUT2D eigenvalue weighted by Gasteiger charge is -2.48. The van der Waals surface area contributed by atoms with E-state index in [1.807, 2.05) is 28.1 Å². The highest BCUT2D eigenvalue weighted by Gasteiger charge is 2.48. The molecule has 4 aliphatic heterocycles. The predicted octanol–water partition coefficient (Wildman–Crippen LogP) is 2.96. The van der Waals surface area contributed by atoms with Crippen molar-refractivity contribution in [3.8, 4) is 5.75 Å². The average Bonchev–Trinajstić information content (AvgIpc) is 3.05. The van der Waals surface area contributed by atoms with Crippen LogP contribution in [0.25, 0.3) is 10.8 Å². The number of piperidine rings is 1. The number of nitrogens with zero attached hydrogens (tertiary/aromatic N) is 4. The quantitative estimate of drug-likeness (QED) is 0.695. The molecule has 172 valence electrons. The summed E-state index contributed by atoms with van der Waals surface area (Å²) in [7, 11) is 0.894. The van der Waals surface area contributed by atoms with Crippen molar-refractivity contribution in [2.75, 3.05) is 56.2 Å². The SMILES string of the molecule is COc1cnc(N2CC3CN(C(=O)N4CCS(=O)CC4)CC2C(C)(C)C3)c2ccccc12. The van der Waals surface area contributed by atoms with Crippen LogP contribution in [0.1, 0.15) is 20.3 Å². The molecule has 1 aromatic heterocycles. The van der Waals surface area contributed by atoms with Gasteiger partial charge in [0.15, 0.2) is 0 Å². The number of urea groups is 1. The van der Waals surface area contributed by atoms with Gasteiger partial charge in [0.1, 0.15) is 11.6 Å². The summed E-state index contributed by atoms with van der Waals surface area (Å²) in [4.78, 5) is 24.6. The van der Waals surface area contributed by atoms with Crippen LogP contribution < -0.4 is 9.64 Å². The van der Waals surface area contributed by atoms with E-state index in [9.17, 15) is 9.00 Å². The van der Waals surface area contributed by atoms with Crippen molar-refractivity contribution < 1.29 is 13.7 Å². The van der Waals surface area contributed by atoms with E-state index in [-0.39, 0.29) is 17.5 Å². The Hall–Kier alpha value is -2.35. The lowest BCUT2D eigenvalue weighted by atomic mass is 9.73. The van der Waals surface area contributed by atoms with E-state index in [0.29, 0.717) is 37.1 Å². The Bertz CT molecular complexity index is 1050. The average molecular weight is 457 g/mol. The van der Waals surface area contributed by atoms with Crippen LogP contribution in [-0.2, 0) is 10.8 Å². The van der Waals surface area contributed by atoms with E-state index < -0.39 is 10.8 Å². The zero-order valence-corrected chi connectivity index (χ0v) is 19.9. The number of hydrogen-bond donors (Lipinski definition) is 0. The Balaban J connectivity index is 1.48. The number of amides is 2. The van der Waals surface area contributed by atoms with E-state index in [2.05, 4.69) is 30.9 Å². The van der Waals surface area contributed by atoms with Crippen LogP contribution in [0.3, 0.4) is 0 Å². The number of pyridine rings is 1. The fraction of sp³-hybridized carbons (Fsp3) is 0.583. The molecule has 4 saturated heterocycles. The number of hydrogen-bond acceptors (Lipinski definition) is 5. The molecule has 2 amide bonds. The van der Waals surface area contributed by atoms with E-state index >= 15 is 0 Å². The lowest BCUT2D eigenvalue weighted by Crippen LogP contribution is -2.55. The largest absolute Gasteiger partial charge is 0.494 e. The molecule has 0 N–H and O–H groups in total. The Labute approximate surface area is 192 Å². The fourth-order valence-corrected chi connectivity index (χ4v) is 6.85. The molecule has 2 aromatic rings. The van der Waals surface area contributed by atoms with Gasteiger partial charge in [0.2, 0.25) is 0 Å². The van der Waals surface area contributed by atoms with Crippen molar-refractivity contribution >= 4 is 33.4 Å². The molecule has 8 heteroatoms. The standard InChI is InChI=1S/C24H32N4O3S/c1-24(2)12-17-14-27(23(29)26-8-10-32(30)11-9-26)16-21(24)28(15-17)22-19-7-5-4-6-18(19)20(31-3)13-25-22/h4-7,13,17,21H,8-12,14-16H2,1-3H3. The summed E-state index contributed by atoms with van der Waals surface area (Å²) < 4.78 is 17.3. The summed E-state index contributed by atoms with van der Waals surface area (Å²) >= 11 is 0. The molecule has 4 aliphatic rings. The van der Waals surface area contributed by atoms with Crippen LogP contribution in [0.2, 0.25) is 0 Å². The summed E-state index contributed by atoms with van der Waals surface area (Å²) in [5, 5.41) is 2.15. The summed E-state index contributed by atoms with van der Waals surface area (Å²) in [6.07, 6.45) is 2.91. The highest BCUT2D eigenvalue weighted by atomic mass is 32.2. The second kappa shape index (κ2) is 8.21. The Morgan fingerprint density at radius 3 is 2.53 bits per heavy atom. The molecule has 2 atom stereocenters. The number of fused-ring (bicyclic) bond motifs is 5. The van der Waals surface area contributed by atoms with Crippen LogP contribution >= 0.6 is 0 Å². The van der Waals surface area contributed by atoms with Gasteiger partial charge in [-0.1, -0.05) is 38.1 Å². The number of benzene rings is 1. The van der Waals surface area contributed by atoms with E-state index in [1.54, 1.807) is 7.11 Å². The van der Waals surface area contributed by atoms with E-state index in [1.165, 1.54) is 0 Å². The maximum atomic E-state index is 13.4. The van der Waals surface area contributed by atoms with Crippen LogP contribution in [0.15, 0.2) is 30.5 Å². The number of methoxy groups -OCH3 is 1. The third kappa shape index (κ3) is 3.72. The minimum atomic E-state index is -0.786. The van der Waals surface area contributed by atoms with Gasteiger partial charge in [0.05, 0.1) is 19.3 Å². The highest BCUT2D eigenvalue weighted by molar-refractivity contribution is 7.85. The first-order chi connectivity index (χ1) is 15.4. The molecule has 0 radical (unpaired) electrons. The minimum absolute atomic E-state index is 0.0596. The van der Waals surface area contributed by atoms with Gasteiger partial charge < -0.3 is 19.4 Å². The van der Waals surface area contributed by atoms with Gasteiger partial charge in [-0.05, 0) is 17.8 Å². The number of anilines is 1. The van der Waals surface area contributed by atoms with Crippen LogP contribution in [0, 0.1) is 11.3 Å². The number of carbonyl (C=O) groups is 1. The molecule has 1 aromatic carbocycles. The first kappa shape index (κ1) is 21.5. The molecule has 5 heterocycles. The van der Waals surface area contributed by atoms with Gasteiger partial charge >= 0.3 is 6.03 Å². The molecular weight excluding hydrogens is 424 g/mol. The Morgan fingerprint density at radius 2 is 1.81 bits per heavy atom. The van der Waals surface area contributed by atoms with Crippen LogP contribution in [-0.4, -0.2) is 82.4 Å². The predicted molar refractivity (Wildman–Crippen MR) is 128 cm³/mol. The summed E-state index contributed by atoms with van der Waals surface area (Å²) in [5.41, 5.74) is 0.0596. The molecule has 0 spiro atoms. The number of ether oxygens (including phenoxy) is 1. The van der Waals surface area contributed by atoms with Gasteiger partial charge in [0, 0.05) is 65.8 Å². The molecule has 6 rings (SSSR count). The summed E-state index contributed by atoms with van der Waals surface area (Å²) in [5.74, 6) is 3.32. The van der Waals surface area contributed by atoms with Gasteiger partial charge in [-0.2, -0.15) is 0 Å². The molecule has 7 nitrogen and oxygen atoms in total. The van der Waals surface area contributed by atoms with Crippen molar-refractivity contribution in [1.29, 1.82) is 0 Å². The second-order valence-electron chi connectivity index (χ2n) is 9.95. The van der Waals surface area contributed by atoms with Crippen molar-refractivity contribution in [1.82, 2.24) is 14.8 Å². The van der Waals surface area contributed by atoms with Crippen LogP contribution in [0.5, 0.6) is 5.75 Å². The molecule has 32 heavy (non-hydrogen) atoms.